The third-order valence-corrected chi connectivity index (χ3v) is 5.56. The van der Waals surface area contributed by atoms with Gasteiger partial charge in [0.15, 0.2) is 0 Å². The Morgan fingerprint density at radius 2 is 2.19 bits per heavy atom. The SMILES string of the molecule is COc1ccc(-c2ccc(CN3CCC4(CCNC4)C3)o2)c([N+](=O)[O-])c1.Cl. The predicted octanol–water partition coefficient (Wildman–Crippen LogP) is 3.47. The van der Waals surface area contributed by atoms with Crippen LogP contribution in [0.2, 0.25) is 0 Å². The van der Waals surface area contributed by atoms with Crippen LogP contribution in [0.1, 0.15) is 18.6 Å². The molecule has 0 radical (unpaired) electrons. The molecule has 1 N–H and O–H groups in total. The van der Waals surface area contributed by atoms with E-state index in [1.807, 2.05) is 12.1 Å². The summed E-state index contributed by atoms with van der Waals surface area (Å²) in [5, 5.41) is 14.9. The van der Waals surface area contributed by atoms with Gasteiger partial charge < -0.3 is 14.5 Å². The molecule has 2 aliphatic rings. The lowest BCUT2D eigenvalue weighted by molar-refractivity contribution is -0.384. The smallest absolute Gasteiger partial charge is 0.284 e. The Morgan fingerprint density at radius 3 is 2.89 bits per heavy atom. The molecule has 2 saturated heterocycles. The zero-order valence-electron chi connectivity index (χ0n) is 15.3. The number of furan rings is 1. The summed E-state index contributed by atoms with van der Waals surface area (Å²) >= 11 is 0. The normalized spacial score (nSPS) is 22.1. The first-order valence-corrected chi connectivity index (χ1v) is 8.93. The highest BCUT2D eigenvalue weighted by molar-refractivity contribution is 5.85. The van der Waals surface area contributed by atoms with Crippen LogP contribution in [0.4, 0.5) is 5.69 Å². The third-order valence-electron chi connectivity index (χ3n) is 5.56. The van der Waals surface area contributed by atoms with Crippen LogP contribution in [0.25, 0.3) is 11.3 Å². The van der Waals surface area contributed by atoms with Gasteiger partial charge in [0, 0.05) is 13.1 Å². The molecule has 27 heavy (non-hydrogen) atoms. The molecule has 1 atom stereocenters. The molecule has 4 rings (SSSR count). The van der Waals surface area contributed by atoms with E-state index >= 15 is 0 Å². The summed E-state index contributed by atoms with van der Waals surface area (Å²) in [4.78, 5) is 13.4. The van der Waals surface area contributed by atoms with Crippen LogP contribution in [-0.4, -0.2) is 43.1 Å². The molecular weight excluding hydrogens is 370 g/mol. The van der Waals surface area contributed by atoms with Crippen molar-refractivity contribution in [1.29, 1.82) is 0 Å². The van der Waals surface area contributed by atoms with Gasteiger partial charge >= 0.3 is 0 Å². The molecule has 1 unspecified atom stereocenters. The summed E-state index contributed by atoms with van der Waals surface area (Å²) in [6.07, 6.45) is 2.46. The first-order chi connectivity index (χ1) is 12.6. The lowest BCUT2D eigenvalue weighted by Gasteiger charge is -2.22. The van der Waals surface area contributed by atoms with Gasteiger partial charge in [0.1, 0.15) is 17.3 Å². The minimum absolute atomic E-state index is 0. The van der Waals surface area contributed by atoms with Gasteiger partial charge in [-0.1, -0.05) is 0 Å². The number of nitrogens with one attached hydrogen (secondary N) is 1. The fourth-order valence-electron chi connectivity index (χ4n) is 4.13. The van der Waals surface area contributed by atoms with Gasteiger partial charge in [-0.05, 0) is 55.6 Å². The number of hydrogen-bond donors (Lipinski definition) is 1. The highest BCUT2D eigenvalue weighted by atomic mass is 35.5. The summed E-state index contributed by atoms with van der Waals surface area (Å²) in [5.41, 5.74) is 0.881. The predicted molar refractivity (Wildman–Crippen MR) is 104 cm³/mol. The number of nitrogens with zero attached hydrogens (tertiary/aromatic N) is 2. The van der Waals surface area contributed by atoms with Crippen molar-refractivity contribution in [3.8, 4) is 17.1 Å². The van der Waals surface area contributed by atoms with Crippen molar-refractivity contribution in [2.24, 2.45) is 5.41 Å². The molecule has 1 aromatic heterocycles. The Kier molecular flexibility index (Phi) is 5.74. The van der Waals surface area contributed by atoms with Gasteiger partial charge in [-0.15, -0.1) is 12.4 Å². The van der Waals surface area contributed by atoms with Gasteiger partial charge in [-0.2, -0.15) is 0 Å². The summed E-state index contributed by atoms with van der Waals surface area (Å²) in [6.45, 7) is 5.11. The minimum Gasteiger partial charge on any atom is -0.497 e. The van der Waals surface area contributed by atoms with Gasteiger partial charge in [-0.25, -0.2) is 0 Å². The van der Waals surface area contributed by atoms with E-state index < -0.39 is 4.92 Å². The first kappa shape index (κ1) is 19.7. The molecule has 7 nitrogen and oxygen atoms in total. The average Bonchev–Trinajstić information content (AvgIpc) is 3.38. The summed E-state index contributed by atoms with van der Waals surface area (Å²) in [7, 11) is 1.49. The minimum atomic E-state index is -0.405. The quantitative estimate of drug-likeness (QED) is 0.618. The molecular formula is C19H24ClN3O4. The van der Waals surface area contributed by atoms with Crippen LogP contribution in [0.5, 0.6) is 5.75 Å². The molecule has 0 saturated carbocycles. The number of hydrogen-bond acceptors (Lipinski definition) is 6. The number of halogens is 1. The number of nitro groups is 1. The fourth-order valence-corrected chi connectivity index (χ4v) is 4.13. The van der Waals surface area contributed by atoms with Gasteiger partial charge in [0.2, 0.25) is 0 Å². The Bertz CT molecular complexity index is 817. The van der Waals surface area contributed by atoms with Crippen LogP contribution in [0, 0.1) is 15.5 Å². The van der Waals surface area contributed by atoms with Crippen LogP contribution < -0.4 is 10.1 Å². The number of methoxy groups -OCH3 is 1. The van der Waals surface area contributed by atoms with Crippen LogP contribution in [0.15, 0.2) is 34.7 Å². The molecule has 8 heteroatoms. The number of ether oxygens (including phenoxy) is 1. The molecule has 0 aliphatic carbocycles. The second-order valence-electron chi connectivity index (χ2n) is 7.29. The topological polar surface area (TPSA) is 80.8 Å². The second-order valence-corrected chi connectivity index (χ2v) is 7.29. The maximum Gasteiger partial charge on any atom is 0.284 e. The molecule has 0 amide bonds. The van der Waals surface area contributed by atoms with Crippen molar-refractivity contribution in [1.82, 2.24) is 10.2 Å². The van der Waals surface area contributed by atoms with Gasteiger partial charge in [0.05, 0.1) is 30.2 Å². The summed E-state index contributed by atoms with van der Waals surface area (Å²) in [5.74, 6) is 1.82. The molecule has 3 heterocycles. The largest absolute Gasteiger partial charge is 0.497 e. The van der Waals surface area contributed by atoms with E-state index in [9.17, 15) is 10.1 Å². The van der Waals surface area contributed by atoms with E-state index in [0.717, 1.165) is 38.5 Å². The molecule has 2 aliphatic heterocycles. The van der Waals surface area contributed by atoms with Crippen LogP contribution >= 0.6 is 12.4 Å². The Balaban J connectivity index is 0.00000210. The van der Waals surface area contributed by atoms with E-state index in [2.05, 4.69) is 10.2 Å². The molecule has 1 aromatic carbocycles. The highest BCUT2D eigenvalue weighted by Crippen LogP contribution is 2.38. The number of nitro benzene ring substituents is 1. The standard InChI is InChI=1S/C19H23N3O4.ClH/c1-25-14-2-4-16(17(10-14)22(23)24)18-5-3-15(26-18)11-21-9-7-19(13-21)6-8-20-12-19;/h2-5,10,20H,6-9,11-13H2,1H3;1H. The van der Waals surface area contributed by atoms with E-state index in [0.29, 0.717) is 22.5 Å². The molecule has 2 aromatic rings. The third kappa shape index (κ3) is 3.95. The van der Waals surface area contributed by atoms with Crippen LogP contribution in [-0.2, 0) is 6.54 Å². The number of rotatable bonds is 5. The lowest BCUT2D eigenvalue weighted by Crippen LogP contribution is -2.28. The Labute approximate surface area is 164 Å². The van der Waals surface area contributed by atoms with Gasteiger partial charge in [0.25, 0.3) is 5.69 Å². The monoisotopic (exact) mass is 393 g/mol. The van der Waals surface area contributed by atoms with Crippen molar-refractivity contribution in [2.75, 3.05) is 33.3 Å². The first-order valence-electron chi connectivity index (χ1n) is 8.93. The fraction of sp³-hybridized carbons (Fsp3) is 0.474. The highest BCUT2D eigenvalue weighted by Gasteiger charge is 2.40. The zero-order valence-corrected chi connectivity index (χ0v) is 16.1. The molecule has 2 fully saturated rings. The van der Waals surface area contributed by atoms with Crippen molar-refractivity contribution >= 4 is 18.1 Å². The maximum atomic E-state index is 11.4. The van der Waals surface area contributed by atoms with E-state index in [1.54, 1.807) is 12.1 Å². The molecule has 1 spiro atoms. The number of likely N-dealkylation sites (tertiary alicyclic amines) is 1. The van der Waals surface area contributed by atoms with Crippen molar-refractivity contribution in [3.63, 3.8) is 0 Å². The zero-order chi connectivity index (χ0) is 18.1. The second kappa shape index (κ2) is 7.88. The van der Waals surface area contributed by atoms with Gasteiger partial charge in [-0.3, -0.25) is 15.0 Å². The van der Waals surface area contributed by atoms with Crippen molar-refractivity contribution < 1.29 is 14.1 Å². The summed E-state index contributed by atoms with van der Waals surface area (Å²) in [6, 6.07) is 8.54. The van der Waals surface area contributed by atoms with Crippen molar-refractivity contribution in [3.05, 3.63) is 46.2 Å². The molecule has 146 valence electrons. The Hall–Kier alpha value is -2.09. The maximum absolute atomic E-state index is 11.4. The lowest BCUT2D eigenvalue weighted by atomic mass is 9.87. The van der Waals surface area contributed by atoms with E-state index in [4.69, 9.17) is 9.15 Å². The number of benzene rings is 1. The van der Waals surface area contributed by atoms with E-state index in [-0.39, 0.29) is 18.1 Å². The van der Waals surface area contributed by atoms with Crippen LogP contribution in [0.3, 0.4) is 0 Å². The molecule has 0 bridgehead atoms. The van der Waals surface area contributed by atoms with Crippen molar-refractivity contribution in [2.45, 2.75) is 19.4 Å². The average molecular weight is 394 g/mol. The van der Waals surface area contributed by atoms with E-state index in [1.165, 1.54) is 26.0 Å². The Morgan fingerprint density at radius 1 is 1.33 bits per heavy atom. The summed E-state index contributed by atoms with van der Waals surface area (Å²) < 4.78 is 11.0.